The molecule has 1 saturated heterocycles. The Kier molecular flexibility index (Phi) is 7.35. The Labute approximate surface area is 199 Å². The minimum Gasteiger partial charge on any atom is -0.378 e. The molecule has 0 atom stereocenters. The van der Waals surface area contributed by atoms with Gasteiger partial charge in [-0.05, 0) is 44.0 Å². The zero-order valence-electron chi connectivity index (χ0n) is 19.7. The fourth-order valence-corrected chi connectivity index (χ4v) is 4.73. The molecule has 3 aromatic rings. The molecule has 8 heteroatoms. The highest BCUT2D eigenvalue weighted by Gasteiger charge is 2.23. The summed E-state index contributed by atoms with van der Waals surface area (Å²) in [5.41, 5.74) is 5.78. The largest absolute Gasteiger partial charge is 0.378 e. The van der Waals surface area contributed by atoms with Gasteiger partial charge in [-0.15, -0.1) is 10.2 Å². The third-order valence-electron chi connectivity index (χ3n) is 5.86. The summed E-state index contributed by atoms with van der Waals surface area (Å²) in [6.45, 7) is 9.71. The molecule has 1 aromatic heterocycles. The molecule has 0 bridgehead atoms. The molecule has 0 N–H and O–H groups in total. The number of nitrogens with zero attached hydrogens (tertiary/aromatic N) is 5. The predicted molar refractivity (Wildman–Crippen MR) is 132 cm³/mol. The second-order valence-electron chi connectivity index (χ2n) is 8.52. The van der Waals surface area contributed by atoms with Crippen LogP contribution >= 0.6 is 11.8 Å². The number of carbonyl (C=O) groups is 1. The van der Waals surface area contributed by atoms with Gasteiger partial charge in [0.15, 0.2) is 5.16 Å². The smallest absolute Gasteiger partial charge is 0.233 e. The lowest BCUT2D eigenvalue weighted by Crippen LogP contribution is -2.37. The lowest BCUT2D eigenvalue weighted by Gasteiger charge is -2.28. The summed E-state index contributed by atoms with van der Waals surface area (Å²) in [7, 11) is 1.85. The number of rotatable bonds is 7. The number of hydrogen-bond donors (Lipinski definition) is 0. The molecule has 0 radical (unpaired) electrons. The average molecular weight is 466 g/mol. The Morgan fingerprint density at radius 2 is 1.73 bits per heavy atom. The number of ether oxygens (including phenoxy) is 1. The number of benzene rings is 2. The summed E-state index contributed by atoms with van der Waals surface area (Å²) >= 11 is 1.42. The molecule has 174 valence electrons. The number of hydrogen-bond acceptors (Lipinski definition) is 6. The second-order valence-corrected chi connectivity index (χ2v) is 9.46. The number of amides is 1. The van der Waals surface area contributed by atoms with Gasteiger partial charge < -0.3 is 14.5 Å². The first-order chi connectivity index (χ1) is 15.9. The summed E-state index contributed by atoms with van der Waals surface area (Å²) in [6.07, 6.45) is 0. The molecular formula is C25H31N5O2S. The summed E-state index contributed by atoms with van der Waals surface area (Å²) in [5, 5.41) is 9.65. The van der Waals surface area contributed by atoms with Crippen molar-refractivity contribution in [2.24, 2.45) is 0 Å². The zero-order valence-corrected chi connectivity index (χ0v) is 20.6. The van der Waals surface area contributed by atoms with Crippen molar-refractivity contribution in [2.45, 2.75) is 32.5 Å². The normalized spacial score (nSPS) is 13.9. The Balaban J connectivity index is 1.50. The van der Waals surface area contributed by atoms with Gasteiger partial charge in [-0.2, -0.15) is 0 Å². The van der Waals surface area contributed by atoms with Crippen LogP contribution in [-0.2, 0) is 16.1 Å². The fourth-order valence-electron chi connectivity index (χ4n) is 3.85. The molecule has 4 rings (SSSR count). The van der Waals surface area contributed by atoms with Gasteiger partial charge in [-0.1, -0.05) is 53.2 Å². The first-order valence-corrected chi connectivity index (χ1v) is 12.2. The summed E-state index contributed by atoms with van der Waals surface area (Å²) in [5.74, 6) is 1.15. The van der Waals surface area contributed by atoms with Crippen molar-refractivity contribution in [2.75, 3.05) is 44.0 Å². The topological polar surface area (TPSA) is 63.5 Å². The molecule has 7 nitrogen and oxygen atoms in total. The maximum absolute atomic E-state index is 12.9. The van der Waals surface area contributed by atoms with Crippen LogP contribution in [0.2, 0.25) is 0 Å². The van der Waals surface area contributed by atoms with Crippen LogP contribution in [0.15, 0.2) is 47.6 Å². The van der Waals surface area contributed by atoms with Crippen molar-refractivity contribution in [1.82, 2.24) is 19.7 Å². The first kappa shape index (κ1) is 23.3. The van der Waals surface area contributed by atoms with E-state index in [4.69, 9.17) is 4.74 Å². The summed E-state index contributed by atoms with van der Waals surface area (Å²) in [6, 6.07) is 14.6. The van der Waals surface area contributed by atoms with E-state index < -0.39 is 0 Å². The molecular weight excluding hydrogens is 434 g/mol. The van der Waals surface area contributed by atoms with E-state index in [1.807, 2.05) is 11.6 Å². The summed E-state index contributed by atoms with van der Waals surface area (Å²) in [4.78, 5) is 16.9. The van der Waals surface area contributed by atoms with E-state index >= 15 is 0 Å². The number of aryl methyl sites for hydroxylation is 3. The summed E-state index contributed by atoms with van der Waals surface area (Å²) < 4.78 is 7.55. The number of anilines is 1. The van der Waals surface area contributed by atoms with Crippen LogP contribution in [0.3, 0.4) is 0 Å². The molecule has 1 fully saturated rings. The van der Waals surface area contributed by atoms with Gasteiger partial charge in [-0.25, -0.2) is 0 Å². The molecule has 1 aliphatic heterocycles. The van der Waals surface area contributed by atoms with Crippen molar-refractivity contribution in [3.05, 3.63) is 64.7 Å². The minimum absolute atomic E-state index is 0.0614. The van der Waals surface area contributed by atoms with Crippen LogP contribution in [0.4, 0.5) is 5.95 Å². The van der Waals surface area contributed by atoms with Gasteiger partial charge in [0.2, 0.25) is 11.9 Å². The monoisotopic (exact) mass is 465 g/mol. The molecule has 33 heavy (non-hydrogen) atoms. The predicted octanol–water partition coefficient (Wildman–Crippen LogP) is 3.78. The first-order valence-electron chi connectivity index (χ1n) is 11.2. The minimum atomic E-state index is 0.0614. The van der Waals surface area contributed by atoms with Gasteiger partial charge in [0.1, 0.15) is 0 Å². The van der Waals surface area contributed by atoms with Crippen LogP contribution in [0, 0.1) is 20.8 Å². The Morgan fingerprint density at radius 1 is 1.03 bits per heavy atom. The fraction of sp³-hybridized carbons (Fsp3) is 0.400. The van der Waals surface area contributed by atoms with Gasteiger partial charge in [0.05, 0.1) is 24.7 Å². The highest BCUT2D eigenvalue weighted by Crippen LogP contribution is 2.27. The van der Waals surface area contributed by atoms with E-state index in [-0.39, 0.29) is 5.91 Å². The van der Waals surface area contributed by atoms with Gasteiger partial charge in [0.25, 0.3) is 0 Å². The van der Waals surface area contributed by atoms with Crippen molar-refractivity contribution in [3.63, 3.8) is 0 Å². The lowest BCUT2D eigenvalue weighted by atomic mass is 10.1. The lowest BCUT2D eigenvalue weighted by molar-refractivity contribution is -0.127. The molecule has 0 unspecified atom stereocenters. The SMILES string of the molecule is Cc1ccc(-n2c(SCC(=O)N(C)Cc3ccc(C)cc3C)nnc2N2CCOCC2)cc1. The highest BCUT2D eigenvalue weighted by molar-refractivity contribution is 7.99. The average Bonchev–Trinajstić information content (AvgIpc) is 3.24. The zero-order chi connectivity index (χ0) is 23.4. The van der Waals surface area contributed by atoms with Crippen LogP contribution in [-0.4, -0.2) is 64.7 Å². The van der Waals surface area contributed by atoms with Gasteiger partial charge in [-0.3, -0.25) is 9.36 Å². The molecule has 0 saturated carbocycles. The van der Waals surface area contributed by atoms with Crippen molar-refractivity contribution < 1.29 is 9.53 Å². The molecule has 2 aromatic carbocycles. The van der Waals surface area contributed by atoms with Gasteiger partial charge in [0, 0.05) is 26.7 Å². The number of aromatic nitrogens is 3. The Bertz CT molecular complexity index is 1110. The molecule has 0 spiro atoms. The van der Waals surface area contributed by atoms with E-state index in [1.165, 1.54) is 34.0 Å². The Morgan fingerprint density at radius 3 is 2.42 bits per heavy atom. The molecule has 1 amide bonds. The van der Waals surface area contributed by atoms with Crippen LogP contribution < -0.4 is 4.90 Å². The maximum Gasteiger partial charge on any atom is 0.233 e. The molecule has 2 heterocycles. The van der Waals surface area contributed by atoms with Crippen LogP contribution in [0.1, 0.15) is 22.3 Å². The van der Waals surface area contributed by atoms with Crippen molar-refractivity contribution >= 4 is 23.6 Å². The Hall–Kier alpha value is -2.84. The molecule has 0 aliphatic carbocycles. The van der Waals surface area contributed by atoms with E-state index in [1.54, 1.807) is 4.90 Å². The second kappa shape index (κ2) is 10.4. The third kappa shape index (κ3) is 5.57. The molecule has 1 aliphatic rings. The van der Waals surface area contributed by atoms with Gasteiger partial charge >= 0.3 is 0 Å². The van der Waals surface area contributed by atoms with Crippen molar-refractivity contribution in [3.8, 4) is 5.69 Å². The van der Waals surface area contributed by atoms with E-state index in [9.17, 15) is 4.79 Å². The van der Waals surface area contributed by atoms with Crippen LogP contribution in [0.5, 0.6) is 0 Å². The van der Waals surface area contributed by atoms with Crippen molar-refractivity contribution in [1.29, 1.82) is 0 Å². The number of carbonyl (C=O) groups excluding carboxylic acids is 1. The maximum atomic E-state index is 12.9. The van der Waals surface area contributed by atoms with E-state index in [0.29, 0.717) is 30.7 Å². The number of thioether (sulfide) groups is 1. The quantitative estimate of drug-likeness (QED) is 0.495. The standard InChI is InChI=1S/C25H31N5O2S/c1-18-6-9-22(10-7-18)30-24(29-11-13-32-14-12-29)26-27-25(30)33-17-23(31)28(4)16-21-8-5-19(2)15-20(21)3/h5-10,15H,11-14,16-17H2,1-4H3. The number of morpholine rings is 1. The third-order valence-corrected chi connectivity index (χ3v) is 6.77. The van der Waals surface area contributed by atoms with Crippen LogP contribution in [0.25, 0.3) is 5.69 Å². The van der Waals surface area contributed by atoms with E-state index in [0.717, 1.165) is 24.7 Å². The van der Waals surface area contributed by atoms with E-state index in [2.05, 4.69) is 78.3 Å². The highest BCUT2D eigenvalue weighted by atomic mass is 32.2.